The van der Waals surface area contributed by atoms with E-state index in [2.05, 4.69) is 15.4 Å². The minimum Gasteiger partial charge on any atom is -0.351 e. The Morgan fingerprint density at radius 2 is 1.63 bits per heavy atom. The highest BCUT2D eigenvalue weighted by Crippen LogP contribution is 2.61. The molecular weight excluding hydrogens is 402 g/mol. The molecule has 0 spiro atoms. The van der Waals surface area contributed by atoms with Crippen LogP contribution in [0.4, 0.5) is 5.69 Å². The van der Waals surface area contributed by atoms with Gasteiger partial charge in [-0.3, -0.25) is 9.59 Å². The molecule has 1 aromatic rings. The van der Waals surface area contributed by atoms with Gasteiger partial charge in [-0.25, -0.2) is 13.1 Å². The lowest BCUT2D eigenvalue weighted by Crippen LogP contribution is -2.65. The molecule has 0 aliphatic heterocycles. The molecule has 0 radical (unpaired) electrons. The number of nitrogens with one attached hydrogen (secondary N) is 3. The van der Waals surface area contributed by atoms with E-state index in [4.69, 9.17) is 0 Å². The Hall–Kier alpha value is -1.93. The third-order valence-electron chi connectivity index (χ3n) is 6.80. The molecule has 0 saturated heterocycles. The van der Waals surface area contributed by atoms with E-state index in [0.717, 1.165) is 32.1 Å². The second-order valence-corrected chi connectivity index (χ2v) is 11.7. The number of amides is 2. The average Bonchev–Trinajstić information content (AvgIpc) is 2.58. The summed E-state index contributed by atoms with van der Waals surface area (Å²) in [7, 11) is -3.56. The van der Waals surface area contributed by atoms with E-state index in [1.54, 1.807) is 32.9 Å². The smallest absolute Gasteiger partial charge is 0.240 e. The fourth-order valence-electron chi connectivity index (χ4n) is 6.41. The lowest BCUT2D eigenvalue weighted by molar-refractivity contribution is -0.148. The summed E-state index contributed by atoms with van der Waals surface area (Å²) in [5, 5.41) is 6.20. The molecule has 8 heteroatoms. The van der Waals surface area contributed by atoms with Gasteiger partial charge in [0.2, 0.25) is 21.8 Å². The summed E-state index contributed by atoms with van der Waals surface area (Å²) in [6.45, 7) is 5.09. The molecule has 3 N–H and O–H groups in total. The largest absolute Gasteiger partial charge is 0.351 e. The van der Waals surface area contributed by atoms with Gasteiger partial charge in [-0.05, 0) is 88.5 Å². The Kier molecular flexibility index (Phi) is 5.21. The SMILES string of the molecule is CC(=O)NC12C[C@H]3C[C@H](C1)CC(C(=O)Nc1ccc(S(=O)(=O)NC(C)C)cc1)(C3)C2. The van der Waals surface area contributed by atoms with E-state index in [0.29, 0.717) is 23.9 Å². The van der Waals surface area contributed by atoms with E-state index < -0.39 is 15.4 Å². The lowest BCUT2D eigenvalue weighted by Gasteiger charge is -2.61. The molecule has 4 aliphatic rings. The third-order valence-corrected chi connectivity index (χ3v) is 8.47. The zero-order chi connectivity index (χ0) is 21.7. The molecule has 7 nitrogen and oxygen atoms in total. The zero-order valence-electron chi connectivity index (χ0n) is 17.8. The van der Waals surface area contributed by atoms with Crippen LogP contribution < -0.4 is 15.4 Å². The maximum atomic E-state index is 13.4. The zero-order valence-corrected chi connectivity index (χ0v) is 18.6. The molecule has 2 atom stereocenters. The van der Waals surface area contributed by atoms with Gasteiger partial charge in [0, 0.05) is 24.2 Å². The first kappa shape index (κ1) is 21.3. The number of hydrogen-bond donors (Lipinski definition) is 3. The monoisotopic (exact) mass is 433 g/mol. The Balaban J connectivity index is 1.51. The van der Waals surface area contributed by atoms with Gasteiger partial charge in [0.1, 0.15) is 0 Å². The normalized spacial score (nSPS) is 32.3. The second kappa shape index (κ2) is 7.34. The summed E-state index contributed by atoms with van der Waals surface area (Å²) in [5.74, 6) is 0.901. The van der Waals surface area contributed by atoms with Crippen molar-refractivity contribution in [3.63, 3.8) is 0 Å². The van der Waals surface area contributed by atoms with Crippen LogP contribution in [0.15, 0.2) is 29.2 Å². The van der Waals surface area contributed by atoms with Crippen LogP contribution in [-0.4, -0.2) is 31.8 Å². The summed E-state index contributed by atoms with van der Waals surface area (Å²) in [6.07, 6.45) is 5.48. The topological polar surface area (TPSA) is 104 Å². The van der Waals surface area contributed by atoms with Crippen molar-refractivity contribution in [3.8, 4) is 0 Å². The fraction of sp³-hybridized carbons (Fsp3) is 0.636. The highest BCUT2D eigenvalue weighted by molar-refractivity contribution is 7.89. The molecule has 4 bridgehead atoms. The highest BCUT2D eigenvalue weighted by atomic mass is 32.2. The summed E-state index contributed by atoms with van der Waals surface area (Å²) >= 11 is 0. The van der Waals surface area contributed by atoms with Crippen LogP contribution in [-0.2, 0) is 19.6 Å². The quantitative estimate of drug-likeness (QED) is 0.642. The lowest BCUT2D eigenvalue weighted by atomic mass is 9.46. The first-order chi connectivity index (χ1) is 14.0. The van der Waals surface area contributed by atoms with Crippen molar-refractivity contribution < 1.29 is 18.0 Å². The van der Waals surface area contributed by atoms with Crippen molar-refractivity contribution in [2.75, 3.05) is 5.32 Å². The number of anilines is 1. The van der Waals surface area contributed by atoms with Gasteiger partial charge in [-0.1, -0.05) is 0 Å². The van der Waals surface area contributed by atoms with E-state index in [-0.39, 0.29) is 28.3 Å². The molecule has 0 aromatic heterocycles. The van der Waals surface area contributed by atoms with Gasteiger partial charge in [0.15, 0.2) is 0 Å². The molecule has 4 fully saturated rings. The van der Waals surface area contributed by atoms with Crippen LogP contribution in [0.5, 0.6) is 0 Å². The van der Waals surface area contributed by atoms with Crippen molar-refractivity contribution in [1.29, 1.82) is 0 Å². The standard InChI is InChI=1S/C22H31N3O4S/c1-14(2)25-30(28,29)19-6-4-18(5-7-19)23-20(27)21-9-16-8-17(10-21)12-22(11-16,13-21)24-15(3)26/h4-7,14,16-17,25H,8-13H2,1-3H3,(H,23,27)(H,24,26)/t16-,17-,21?,22?/m0/s1. The third kappa shape index (κ3) is 3.99. The fourth-order valence-corrected chi connectivity index (χ4v) is 7.66. The number of benzene rings is 1. The van der Waals surface area contributed by atoms with E-state index in [9.17, 15) is 18.0 Å². The van der Waals surface area contributed by atoms with E-state index >= 15 is 0 Å². The molecule has 164 valence electrons. The molecular formula is C22H31N3O4S. The number of rotatable bonds is 6. The van der Waals surface area contributed by atoms with E-state index in [1.165, 1.54) is 12.1 Å². The van der Waals surface area contributed by atoms with Gasteiger partial charge in [0.25, 0.3) is 0 Å². The maximum Gasteiger partial charge on any atom is 0.240 e. The number of carbonyl (C=O) groups is 2. The van der Waals surface area contributed by atoms with Gasteiger partial charge in [-0.2, -0.15) is 0 Å². The molecule has 0 heterocycles. The van der Waals surface area contributed by atoms with Gasteiger partial charge in [-0.15, -0.1) is 0 Å². The predicted molar refractivity (Wildman–Crippen MR) is 114 cm³/mol. The minimum absolute atomic E-state index is 0.0118. The van der Waals surface area contributed by atoms with Crippen LogP contribution in [0.3, 0.4) is 0 Å². The molecule has 0 unspecified atom stereocenters. The summed E-state index contributed by atoms with van der Waals surface area (Å²) in [4.78, 5) is 25.3. The first-order valence-corrected chi connectivity index (χ1v) is 12.2. The number of hydrogen-bond acceptors (Lipinski definition) is 4. The number of sulfonamides is 1. The maximum absolute atomic E-state index is 13.4. The Bertz CT molecular complexity index is 941. The Morgan fingerprint density at radius 1 is 1.03 bits per heavy atom. The number of carbonyl (C=O) groups excluding carboxylic acids is 2. The van der Waals surface area contributed by atoms with E-state index in [1.807, 2.05) is 0 Å². The molecule has 4 aliphatic carbocycles. The molecule has 30 heavy (non-hydrogen) atoms. The highest BCUT2D eigenvalue weighted by Gasteiger charge is 2.60. The molecule has 4 saturated carbocycles. The van der Waals surface area contributed by atoms with Gasteiger partial charge in [0.05, 0.1) is 10.3 Å². The van der Waals surface area contributed by atoms with Crippen LogP contribution in [0.1, 0.15) is 59.3 Å². The molecule has 5 rings (SSSR count). The molecule has 2 amide bonds. The van der Waals surface area contributed by atoms with Crippen LogP contribution in [0.25, 0.3) is 0 Å². The van der Waals surface area contributed by atoms with Crippen molar-refractivity contribution in [3.05, 3.63) is 24.3 Å². The Labute approximate surface area is 178 Å². The summed E-state index contributed by atoms with van der Waals surface area (Å²) < 4.78 is 27.1. The minimum atomic E-state index is -3.56. The van der Waals surface area contributed by atoms with Crippen LogP contribution in [0, 0.1) is 17.3 Å². The van der Waals surface area contributed by atoms with Crippen LogP contribution in [0.2, 0.25) is 0 Å². The van der Waals surface area contributed by atoms with Gasteiger partial charge < -0.3 is 10.6 Å². The Morgan fingerprint density at radius 3 is 2.17 bits per heavy atom. The predicted octanol–water partition coefficient (Wildman–Crippen LogP) is 2.79. The molecule has 1 aromatic carbocycles. The van der Waals surface area contributed by atoms with Gasteiger partial charge >= 0.3 is 0 Å². The van der Waals surface area contributed by atoms with Crippen molar-refractivity contribution >= 4 is 27.5 Å². The van der Waals surface area contributed by atoms with Crippen LogP contribution >= 0.6 is 0 Å². The summed E-state index contributed by atoms with van der Waals surface area (Å²) in [6, 6.07) is 6.10. The first-order valence-electron chi connectivity index (χ1n) is 10.7. The van der Waals surface area contributed by atoms with Crippen molar-refractivity contribution in [2.24, 2.45) is 17.3 Å². The summed E-state index contributed by atoms with van der Waals surface area (Å²) in [5.41, 5.74) is -0.127. The van der Waals surface area contributed by atoms with Crippen molar-refractivity contribution in [1.82, 2.24) is 10.0 Å². The van der Waals surface area contributed by atoms with Crippen molar-refractivity contribution in [2.45, 2.75) is 75.8 Å². The average molecular weight is 434 g/mol. The second-order valence-electron chi connectivity index (χ2n) is 9.96.